The predicted molar refractivity (Wildman–Crippen MR) is 103 cm³/mol. The Morgan fingerprint density at radius 2 is 1.83 bits per heavy atom. The number of likely N-dealkylation sites (N-methyl/N-ethyl adjacent to an activating group) is 1. The first-order chi connectivity index (χ1) is 11.6. The summed E-state index contributed by atoms with van der Waals surface area (Å²) in [4.78, 5) is 13.3. The standard InChI is InChI=1S/C22H27NO/c1-5-7-8-9-18-10-15-21(17(3)16-18)19-11-13-20(14-12-19)23(4)22(24)6-2/h6,10-16H,2,5,7-9H2,1,3-4H3. The van der Waals surface area contributed by atoms with Crippen LogP contribution in [0.15, 0.2) is 55.1 Å². The van der Waals surface area contributed by atoms with Crippen LogP contribution in [0.4, 0.5) is 5.69 Å². The molecule has 2 rings (SSSR count). The minimum absolute atomic E-state index is 0.102. The van der Waals surface area contributed by atoms with Gasteiger partial charge in [0.05, 0.1) is 0 Å². The second-order valence-electron chi connectivity index (χ2n) is 6.25. The number of aryl methyl sites for hydroxylation is 2. The molecule has 126 valence electrons. The first kappa shape index (κ1) is 18.0. The van der Waals surface area contributed by atoms with E-state index in [0.29, 0.717) is 0 Å². The number of carbonyl (C=O) groups excluding carboxylic acids is 1. The molecule has 0 saturated heterocycles. The molecule has 0 bridgehead atoms. The van der Waals surface area contributed by atoms with Gasteiger partial charge in [-0.25, -0.2) is 0 Å². The Kier molecular flexibility index (Phi) is 6.36. The number of nitrogens with zero attached hydrogens (tertiary/aromatic N) is 1. The molecule has 2 aromatic rings. The number of hydrogen-bond donors (Lipinski definition) is 0. The Morgan fingerprint density at radius 3 is 2.42 bits per heavy atom. The number of carbonyl (C=O) groups is 1. The molecule has 1 amide bonds. The van der Waals surface area contributed by atoms with Crippen LogP contribution in [0.1, 0.15) is 37.3 Å². The topological polar surface area (TPSA) is 20.3 Å². The number of anilines is 1. The summed E-state index contributed by atoms with van der Waals surface area (Å²) in [6.07, 6.45) is 6.29. The molecular formula is C22H27NO. The van der Waals surface area contributed by atoms with Crippen molar-refractivity contribution in [2.75, 3.05) is 11.9 Å². The molecule has 0 N–H and O–H groups in total. The molecule has 0 fully saturated rings. The predicted octanol–water partition coefficient (Wildman–Crippen LogP) is 5.54. The highest BCUT2D eigenvalue weighted by atomic mass is 16.2. The van der Waals surface area contributed by atoms with Crippen LogP contribution >= 0.6 is 0 Å². The van der Waals surface area contributed by atoms with Gasteiger partial charge in [-0.2, -0.15) is 0 Å². The van der Waals surface area contributed by atoms with E-state index < -0.39 is 0 Å². The van der Waals surface area contributed by atoms with E-state index >= 15 is 0 Å². The summed E-state index contributed by atoms with van der Waals surface area (Å²) in [6, 6.07) is 14.8. The molecule has 0 aliphatic heterocycles. The maximum Gasteiger partial charge on any atom is 0.250 e. The van der Waals surface area contributed by atoms with Gasteiger partial charge in [0, 0.05) is 12.7 Å². The molecule has 0 aliphatic carbocycles. The third-order valence-corrected chi connectivity index (χ3v) is 4.43. The number of benzene rings is 2. The Hall–Kier alpha value is -2.35. The van der Waals surface area contributed by atoms with Crippen molar-refractivity contribution in [2.24, 2.45) is 0 Å². The van der Waals surface area contributed by atoms with E-state index in [2.05, 4.69) is 50.8 Å². The largest absolute Gasteiger partial charge is 0.312 e. The van der Waals surface area contributed by atoms with Gasteiger partial charge in [-0.1, -0.05) is 56.7 Å². The SMILES string of the molecule is C=CC(=O)N(C)c1ccc(-c2ccc(CCCCC)cc2C)cc1. The molecule has 2 heteroatoms. The van der Waals surface area contributed by atoms with E-state index in [-0.39, 0.29) is 5.91 Å². The number of unbranched alkanes of at least 4 members (excludes halogenated alkanes) is 2. The van der Waals surface area contributed by atoms with E-state index in [4.69, 9.17) is 0 Å². The minimum atomic E-state index is -0.102. The molecular weight excluding hydrogens is 294 g/mol. The first-order valence-corrected chi connectivity index (χ1v) is 8.67. The molecule has 0 heterocycles. The Labute approximate surface area is 145 Å². The van der Waals surface area contributed by atoms with Crippen molar-refractivity contribution >= 4 is 11.6 Å². The van der Waals surface area contributed by atoms with Gasteiger partial charge in [0.25, 0.3) is 0 Å². The first-order valence-electron chi connectivity index (χ1n) is 8.67. The van der Waals surface area contributed by atoms with Gasteiger partial charge in [-0.3, -0.25) is 4.79 Å². The fourth-order valence-electron chi connectivity index (χ4n) is 2.91. The van der Waals surface area contributed by atoms with E-state index in [0.717, 1.165) is 12.1 Å². The summed E-state index contributed by atoms with van der Waals surface area (Å²) in [5, 5.41) is 0. The summed E-state index contributed by atoms with van der Waals surface area (Å²) in [7, 11) is 1.76. The van der Waals surface area contributed by atoms with Crippen LogP contribution in [-0.2, 0) is 11.2 Å². The van der Waals surface area contributed by atoms with Gasteiger partial charge in [0.2, 0.25) is 5.91 Å². The van der Waals surface area contributed by atoms with Crippen molar-refractivity contribution in [3.63, 3.8) is 0 Å². The highest BCUT2D eigenvalue weighted by Gasteiger charge is 2.08. The van der Waals surface area contributed by atoms with Crippen LogP contribution in [0.2, 0.25) is 0 Å². The fourth-order valence-corrected chi connectivity index (χ4v) is 2.91. The van der Waals surface area contributed by atoms with Crippen LogP contribution in [0.25, 0.3) is 11.1 Å². The highest BCUT2D eigenvalue weighted by molar-refractivity contribution is 6.00. The molecule has 0 spiro atoms. The zero-order valence-corrected chi connectivity index (χ0v) is 15.0. The maximum atomic E-state index is 11.7. The van der Waals surface area contributed by atoms with Gasteiger partial charge in [0.15, 0.2) is 0 Å². The van der Waals surface area contributed by atoms with E-state index in [1.807, 2.05) is 12.1 Å². The van der Waals surface area contributed by atoms with Crippen LogP contribution in [0.3, 0.4) is 0 Å². The Morgan fingerprint density at radius 1 is 1.12 bits per heavy atom. The normalized spacial score (nSPS) is 10.5. The lowest BCUT2D eigenvalue weighted by Crippen LogP contribution is -2.23. The van der Waals surface area contributed by atoms with Crippen molar-refractivity contribution in [3.05, 3.63) is 66.2 Å². The molecule has 0 aromatic heterocycles. The Balaban J connectivity index is 2.16. The monoisotopic (exact) mass is 321 g/mol. The quantitative estimate of drug-likeness (QED) is 0.484. The second-order valence-corrected chi connectivity index (χ2v) is 6.25. The summed E-state index contributed by atoms with van der Waals surface area (Å²) in [5.74, 6) is -0.102. The van der Waals surface area contributed by atoms with Crippen molar-refractivity contribution in [1.29, 1.82) is 0 Å². The lowest BCUT2D eigenvalue weighted by molar-refractivity contribution is -0.113. The molecule has 0 saturated carbocycles. The summed E-state index contributed by atoms with van der Waals surface area (Å²) in [5.41, 5.74) is 6.01. The lowest BCUT2D eigenvalue weighted by Gasteiger charge is -2.16. The zero-order chi connectivity index (χ0) is 17.5. The van der Waals surface area contributed by atoms with Gasteiger partial charge in [-0.15, -0.1) is 0 Å². The molecule has 0 radical (unpaired) electrons. The molecule has 2 nitrogen and oxygen atoms in total. The molecule has 0 unspecified atom stereocenters. The smallest absolute Gasteiger partial charge is 0.250 e. The minimum Gasteiger partial charge on any atom is -0.312 e. The average molecular weight is 321 g/mol. The van der Waals surface area contributed by atoms with Gasteiger partial charge in [-0.05, 0) is 60.2 Å². The maximum absolute atomic E-state index is 11.7. The zero-order valence-electron chi connectivity index (χ0n) is 15.0. The summed E-state index contributed by atoms with van der Waals surface area (Å²) >= 11 is 0. The highest BCUT2D eigenvalue weighted by Crippen LogP contribution is 2.27. The summed E-state index contributed by atoms with van der Waals surface area (Å²) in [6.45, 7) is 7.93. The Bertz CT molecular complexity index is 700. The van der Waals surface area contributed by atoms with Crippen molar-refractivity contribution in [1.82, 2.24) is 0 Å². The van der Waals surface area contributed by atoms with E-state index in [1.165, 1.54) is 47.6 Å². The van der Waals surface area contributed by atoms with Crippen molar-refractivity contribution in [3.8, 4) is 11.1 Å². The summed E-state index contributed by atoms with van der Waals surface area (Å²) < 4.78 is 0. The van der Waals surface area contributed by atoms with Gasteiger partial charge >= 0.3 is 0 Å². The van der Waals surface area contributed by atoms with E-state index in [9.17, 15) is 4.79 Å². The average Bonchev–Trinajstić information content (AvgIpc) is 2.61. The van der Waals surface area contributed by atoms with E-state index in [1.54, 1.807) is 11.9 Å². The van der Waals surface area contributed by atoms with Crippen LogP contribution < -0.4 is 4.90 Å². The van der Waals surface area contributed by atoms with Crippen LogP contribution in [-0.4, -0.2) is 13.0 Å². The fraction of sp³-hybridized carbons (Fsp3) is 0.318. The van der Waals surface area contributed by atoms with Crippen molar-refractivity contribution in [2.45, 2.75) is 39.5 Å². The third kappa shape index (κ3) is 4.35. The molecule has 2 aromatic carbocycles. The lowest BCUT2D eigenvalue weighted by atomic mass is 9.96. The van der Waals surface area contributed by atoms with Gasteiger partial charge in [0.1, 0.15) is 0 Å². The van der Waals surface area contributed by atoms with Crippen molar-refractivity contribution < 1.29 is 4.79 Å². The number of hydrogen-bond acceptors (Lipinski definition) is 1. The van der Waals surface area contributed by atoms with Crippen LogP contribution in [0, 0.1) is 6.92 Å². The molecule has 0 aliphatic rings. The molecule has 0 atom stereocenters. The number of amides is 1. The number of rotatable bonds is 7. The third-order valence-electron chi connectivity index (χ3n) is 4.43. The van der Waals surface area contributed by atoms with Gasteiger partial charge < -0.3 is 4.90 Å². The van der Waals surface area contributed by atoms with Crippen LogP contribution in [0.5, 0.6) is 0 Å². The molecule has 24 heavy (non-hydrogen) atoms. The second kappa shape index (κ2) is 8.49.